The minimum absolute atomic E-state index is 0.0917. The number of ether oxygens (including phenoxy) is 3. The highest BCUT2D eigenvalue weighted by atomic mass is 32.1. The first-order chi connectivity index (χ1) is 14.0. The van der Waals surface area contributed by atoms with Crippen molar-refractivity contribution in [2.45, 2.75) is 6.92 Å². The number of aryl methyl sites for hydroxylation is 1. The molecule has 0 spiro atoms. The van der Waals surface area contributed by atoms with Crippen LogP contribution in [0.15, 0.2) is 69.2 Å². The van der Waals surface area contributed by atoms with Crippen molar-refractivity contribution in [1.29, 1.82) is 0 Å². The quantitative estimate of drug-likeness (QED) is 0.334. The van der Waals surface area contributed by atoms with E-state index in [-0.39, 0.29) is 11.2 Å². The Bertz CT molecular complexity index is 1240. The van der Waals surface area contributed by atoms with Crippen molar-refractivity contribution < 1.29 is 23.4 Å². The first kappa shape index (κ1) is 18.8. The monoisotopic (exact) mass is 408 g/mol. The fourth-order valence-electron chi connectivity index (χ4n) is 2.78. The first-order valence-corrected chi connectivity index (χ1v) is 9.58. The molecule has 0 N–H and O–H groups in total. The largest absolute Gasteiger partial charge is 0.497 e. The number of rotatable bonds is 5. The summed E-state index contributed by atoms with van der Waals surface area (Å²) in [5.41, 5.74) is -0.00956. The highest BCUT2D eigenvalue weighted by Crippen LogP contribution is 2.29. The lowest BCUT2D eigenvalue weighted by molar-refractivity contribution is 0.0740. The maximum Gasteiger partial charge on any atom is 0.353 e. The molecule has 4 rings (SSSR count). The Labute approximate surface area is 169 Å². The highest BCUT2D eigenvalue weighted by molar-refractivity contribution is 7.12. The Morgan fingerprint density at radius 1 is 1.00 bits per heavy atom. The van der Waals surface area contributed by atoms with E-state index in [9.17, 15) is 9.59 Å². The molecule has 0 saturated heterocycles. The average molecular weight is 408 g/mol. The Morgan fingerprint density at radius 2 is 1.83 bits per heavy atom. The minimum Gasteiger partial charge on any atom is -0.497 e. The molecule has 146 valence electrons. The van der Waals surface area contributed by atoms with Crippen LogP contribution in [0.4, 0.5) is 0 Å². The number of carbonyl (C=O) groups excluding carboxylic acids is 1. The number of fused-ring (bicyclic) bond motifs is 1. The highest BCUT2D eigenvalue weighted by Gasteiger charge is 2.16. The summed E-state index contributed by atoms with van der Waals surface area (Å²) in [5.74, 6) is 1.31. The number of methoxy groups -OCH3 is 1. The van der Waals surface area contributed by atoms with Crippen LogP contribution in [0.3, 0.4) is 0 Å². The molecule has 7 heteroatoms. The molecule has 2 aromatic carbocycles. The number of carbonyl (C=O) groups is 1. The van der Waals surface area contributed by atoms with Gasteiger partial charge in [-0.1, -0.05) is 12.1 Å². The van der Waals surface area contributed by atoms with Crippen LogP contribution in [-0.2, 0) is 0 Å². The van der Waals surface area contributed by atoms with Crippen LogP contribution in [0.25, 0.3) is 11.0 Å². The van der Waals surface area contributed by atoms with Gasteiger partial charge in [0.25, 0.3) is 0 Å². The smallest absolute Gasteiger partial charge is 0.353 e. The number of benzene rings is 2. The lowest BCUT2D eigenvalue weighted by atomic mass is 10.2. The molecule has 0 fully saturated rings. The molecule has 0 unspecified atom stereocenters. The third-order valence-corrected chi connectivity index (χ3v) is 5.03. The third kappa shape index (κ3) is 3.86. The molecule has 0 saturated carbocycles. The Balaban J connectivity index is 1.66. The van der Waals surface area contributed by atoms with Crippen molar-refractivity contribution in [2.75, 3.05) is 7.11 Å². The molecule has 0 aliphatic heterocycles. The van der Waals surface area contributed by atoms with Crippen LogP contribution in [0.5, 0.6) is 23.0 Å². The first-order valence-electron chi connectivity index (χ1n) is 8.70. The van der Waals surface area contributed by atoms with E-state index in [1.807, 2.05) is 0 Å². The molecule has 29 heavy (non-hydrogen) atoms. The van der Waals surface area contributed by atoms with E-state index in [0.717, 1.165) is 0 Å². The predicted molar refractivity (Wildman–Crippen MR) is 110 cm³/mol. The summed E-state index contributed by atoms with van der Waals surface area (Å²) < 4.78 is 22.1. The summed E-state index contributed by atoms with van der Waals surface area (Å²) in [6.45, 7) is 1.64. The summed E-state index contributed by atoms with van der Waals surface area (Å²) in [7, 11) is 1.55. The molecular formula is C22H16O6S. The van der Waals surface area contributed by atoms with Crippen LogP contribution >= 0.6 is 11.3 Å². The van der Waals surface area contributed by atoms with Gasteiger partial charge in [0, 0.05) is 12.1 Å². The standard InChI is InChI=1S/C22H16O6S/c1-13-21(27-15-6-3-5-14(11-15)25-2)20(23)17-9-8-16(12-18(17)26-13)28-22(24)19-7-4-10-29-19/h3-12H,1-2H3. The minimum atomic E-state index is -0.462. The molecule has 0 atom stereocenters. The van der Waals surface area contributed by atoms with Gasteiger partial charge in [0.15, 0.2) is 0 Å². The van der Waals surface area contributed by atoms with Gasteiger partial charge in [0.1, 0.15) is 33.5 Å². The van der Waals surface area contributed by atoms with Gasteiger partial charge in [-0.2, -0.15) is 0 Å². The van der Waals surface area contributed by atoms with Gasteiger partial charge < -0.3 is 18.6 Å². The second-order valence-electron chi connectivity index (χ2n) is 6.12. The maximum absolute atomic E-state index is 12.9. The Morgan fingerprint density at radius 3 is 2.59 bits per heavy atom. The van der Waals surface area contributed by atoms with Crippen LogP contribution in [0.1, 0.15) is 15.4 Å². The third-order valence-electron chi connectivity index (χ3n) is 4.18. The molecule has 0 amide bonds. The molecule has 0 radical (unpaired) electrons. The van der Waals surface area contributed by atoms with Crippen molar-refractivity contribution in [1.82, 2.24) is 0 Å². The Kier molecular flexibility index (Phi) is 5.05. The maximum atomic E-state index is 12.9. The van der Waals surface area contributed by atoms with Crippen LogP contribution in [-0.4, -0.2) is 13.1 Å². The van der Waals surface area contributed by atoms with Gasteiger partial charge in [0.05, 0.1) is 12.5 Å². The van der Waals surface area contributed by atoms with Gasteiger partial charge in [0.2, 0.25) is 11.2 Å². The zero-order valence-corrected chi connectivity index (χ0v) is 16.4. The van der Waals surface area contributed by atoms with E-state index >= 15 is 0 Å². The topological polar surface area (TPSA) is 75.0 Å². The number of hydrogen-bond donors (Lipinski definition) is 0. The van der Waals surface area contributed by atoms with E-state index < -0.39 is 5.97 Å². The zero-order chi connectivity index (χ0) is 20.4. The van der Waals surface area contributed by atoms with Gasteiger partial charge >= 0.3 is 5.97 Å². The van der Waals surface area contributed by atoms with Crippen molar-refractivity contribution in [3.05, 3.63) is 80.8 Å². The SMILES string of the molecule is COc1cccc(Oc2c(C)oc3cc(OC(=O)c4cccs4)ccc3c2=O)c1. The van der Waals surface area contributed by atoms with Crippen molar-refractivity contribution in [2.24, 2.45) is 0 Å². The molecule has 0 aliphatic rings. The van der Waals surface area contributed by atoms with Gasteiger partial charge in [-0.25, -0.2) is 4.79 Å². The molecule has 2 heterocycles. The fourth-order valence-corrected chi connectivity index (χ4v) is 3.38. The number of hydrogen-bond acceptors (Lipinski definition) is 7. The summed E-state index contributed by atoms with van der Waals surface area (Å²) in [6, 6.07) is 15.0. The normalized spacial score (nSPS) is 10.7. The molecule has 4 aromatic rings. The summed E-state index contributed by atoms with van der Waals surface area (Å²) >= 11 is 1.29. The number of thiophene rings is 1. The summed E-state index contributed by atoms with van der Waals surface area (Å²) in [6.07, 6.45) is 0. The molecule has 0 aliphatic carbocycles. The zero-order valence-electron chi connectivity index (χ0n) is 15.6. The molecule has 2 aromatic heterocycles. The van der Waals surface area contributed by atoms with E-state index in [1.54, 1.807) is 67.9 Å². The van der Waals surface area contributed by atoms with E-state index in [0.29, 0.717) is 38.9 Å². The average Bonchev–Trinajstić information content (AvgIpc) is 3.26. The van der Waals surface area contributed by atoms with Crippen molar-refractivity contribution in [3.8, 4) is 23.0 Å². The second kappa shape index (κ2) is 7.81. The van der Waals surface area contributed by atoms with Crippen LogP contribution in [0.2, 0.25) is 0 Å². The lowest BCUT2D eigenvalue weighted by Crippen LogP contribution is -2.09. The van der Waals surface area contributed by atoms with Crippen molar-refractivity contribution in [3.63, 3.8) is 0 Å². The van der Waals surface area contributed by atoms with Crippen molar-refractivity contribution >= 4 is 28.3 Å². The van der Waals surface area contributed by atoms with Crippen LogP contribution < -0.4 is 19.6 Å². The lowest BCUT2D eigenvalue weighted by Gasteiger charge is -2.10. The van der Waals surface area contributed by atoms with Gasteiger partial charge in [-0.05, 0) is 42.6 Å². The number of esters is 1. The van der Waals surface area contributed by atoms with E-state index in [1.165, 1.54) is 17.4 Å². The summed E-state index contributed by atoms with van der Waals surface area (Å²) in [4.78, 5) is 25.5. The van der Waals surface area contributed by atoms with E-state index in [4.69, 9.17) is 18.6 Å². The molecule has 0 bridgehead atoms. The predicted octanol–water partition coefficient (Wildman–Crippen LogP) is 5.18. The Hall–Kier alpha value is -3.58. The van der Waals surface area contributed by atoms with Gasteiger partial charge in [-0.15, -0.1) is 11.3 Å². The summed E-state index contributed by atoms with van der Waals surface area (Å²) in [5, 5.41) is 2.12. The fraction of sp³-hybridized carbons (Fsp3) is 0.0909. The van der Waals surface area contributed by atoms with Gasteiger partial charge in [-0.3, -0.25) is 4.79 Å². The molecule has 6 nitrogen and oxygen atoms in total. The van der Waals surface area contributed by atoms with E-state index in [2.05, 4.69) is 0 Å². The van der Waals surface area contributed by atoms with Crippen LogP contribution in [0, 0.1) is 6.92 Å². The molecular weight excluding hydrogens is 392 g/mol. The second-order valence-corrected chi connectivity index (χ2v) is 7.07.